The number of carbonyl (C=O) groups excluding carboxylic acids is 1. The highest BCUT2D eigenvalue weighted by Crippen LogP contribution is 2.17. The minimum atomic E-state index is -0.603. The number of nitrogens with one attached hydrogen (secondary N) is 2. The molecule has 1 aromatic heterocycles. The van der Waals surface area contributed by atoms with Crippen LogP contribution >= 0.6 is 35.3 Å². The molecule has 22 heavy (non-hydrogen) atoms. The van der Waals surface area contributed by atoms with Gasteiger partial charge in [0.2, 0.25) is 5.91 Å². The second-order valence-electron chi connectivity index (χ2n) is 5.52. The quantitative estimate of drug-likeness (QED) is 0.348. The summed E-state index contributed by atoms with van der Waals surface area (Å²) >= 11 is 1.78. The molecule has 7 heteroatoms. The number of thiophene rings is 1. The summed E-state index contributed by atoms with van der Waals surface area (Å²) in [6.07, 6.45) is 1.06. The molecule has 0 aliphatic heterocycles. The van der Waals surface area contributed by atoms with Crippen LogP contribution in [0.25, 0.3) is 0 Å². The van der Waals surface area contributed by atoms with Gasteiger partial charge in [-0.2, -0.15) is 0 Å². The number of primary amides is 1. The molecule has 0 spiro atoms. The molecule has 0 radical (unpaired) electrons. The lowest BCUT2D eigenvalue weighted by atomic mass is 9.93. The fourth-order valence-electron chi connectivity index (χ4n) is 1.59. The van der Waals surface area contributed by atoms with Crippen LogP contribution in [0.3, 0.4) is 0 Å². The topological polar surface area (TPSA) is 79.5 Å². The number of nitrogens with zero attached hydrogens (tertiary/aromatic N) is 1. The standard InChI is InChI=1S/C15H26N4OS.HI/c1-5-11-7-8-12(21-11)9-18-14(17-6-2)19-10-15(3,4)13(16)20;/h7-8H,5-6,9-10H2,1-4H3,(H2,16,20)(H2,17,18,19);1H. The molecule has 126 valence electrons. The zero-order valence-electron chi connectivity index (χ0n) is 13.7. The van der Waals surface area contributed by atoms with E-state index < -0.39 is 5.41 Å². The lowest BCUT2D eigenvalue weighted by Crippen LogP contribution is -2.46. The van der Waals surface area contributed by atoms with Gasteiger partial charge in [0.05, 0.1) is 12.0 Å². The van der Waals surface area contributed by atoms with E-state index in [0.717, 1.165) is 13.0 Å². The number of guanidine groups is 1. The summed E-state index contributed by atoms with van der Waals surface area (Å²) in [5.41, 5.74) is 4.77. The van der Waals surface area contributed by atoms with Crippen LogP contribution in [0.1, 0.15) is 37.4 Å². The normalized spacial score (nSPS) is 11.7. The summed E-state index contributed by atoms with van der Waals surface area (Å²) in [6.45, 7) is 9.66. The van der Waals surface area contributed by atoms with Gasteiger partial charge >= 0.3 is 0 Å². The maximum atomic E-state index is 11.3. The van der Waals surface area contributed by atoms with Crippen LogP contribution in [0.15, 0.2) is 17.1 Å². The molecule has 1 amide bonds. The van der Waals surface area contributed by atoms with Crippen molar-refractivity contribution in [3.8, 4) is 0 Å². The Morgan fingerprint density at radius 3 is 2.41 bits per heavy atom. The van der Waals surface area contributed by atoms with Crippen molar-refractivity contribution in [2.24, 2.45) is 16.1 Å². The maximum Gasteiger partial charge on any atom is 0.224 e. The highest BCUT2D eigenvalue weighted by molar-refractivity contribution is 14.0. The van der Waals surface area contributed by atoms with Crippen molar-refractivity contribution in [1.82, 2.24) is 10.6 Å². The summed E-state index contributed by atoms with van der Waals surface area (Å²) in [7, 11) is 0. The van der Waals surface area contributed by atoms with Crippen molar-refractivity contribution < 1.29 is 4.79 Å². The molecule has 0 atom stereocenters. The number of hydrogen-bond donors (Lipinski definition) is 3. The second kappa shape index (κ2) is 10.0. The van der Waals surface area contributed by atoms with Gasteiger partial charge in [-0.1, -0.05) is 6.92 Å². The number of aliphatic imine (C=N–C) groups is 1. The molecule has 1 heterocycles. The number of aryl methyl sites for hydroxylation is 1. The Morgan fingerprint density at radius 2 is 1.91 bits per heavy atom. The molecule has 0 saturated carbocycles. The van der Waals surface area contributed by atoms with Crippen LogP contribution in [0.4, 0.5) is 0 Å². The van der Waals surface area contributed by atoms with Gasteiger partial charge in [-0.25, -0.2) is 4.99 Å². The van der Waals surface area contributed by atoms with E-state index in [2.05, 4.69) is 34.7 Å². The van der Waals surface area contributed by atoms with Crippen LogP contribution < -0.4 is 16.4 Å². The fraction of sp³-hybridized carbons (Fsp3) is 0.600. The molecule has 4 N–H and O–H groups in total. The van der Waals surface area contributed by atoms with Gasteiger partial charge in [0.15, 0.2) is 5.96 Å². The van der Waals surface area contributed by atoms with Crippen molar-refractivity contribution in [3.63, 3.8) is 0 Å². The van der Waals surface area contributed by atoms with E-state index in [0.29, 0.717) is 19.0 Å². The van der Waals surface area contributed by atoms with Crippen molar-refractivity contribution in [3.05, 3.63) is 21.9 Å². The monoisotopic (exact) mass is 438 g/mol. The van der Waals surface area contributed by atoms with Gasteiger partial charge in [-0.15, -0.1) is 35.3 Å². The van der Waals surface area contributed by atoms with Gasteiger partial charge in [0, 0.05) is 22.8 Å². The van der Waals surface area contributed by atoms with E-state index >= 15 is 0 Å². The number of carbonyl (C=O) groups is 1. The van der Waals surface area contributed by atoms with E-state index in [1.54, 1.807) is 11.3 Å². The molecule has 0 aliphatic carbocycles. The molecule has 0 unspecified atom stereocenters. The summed E-state index contributed by atoms with van der Waals surface area (Å²) < 4.78 is 0. The first-order valence-corrected chi connectivity index (χ1v) is 8.10. The van der Waals surface area contributed by atoms with Gasteiger partial charge < -0.3 is 16.4 Å². The number of halogens is 1. The Balaban J connectivity index is 0.00000441. The number of hydrogen-bond acceptors (Lipinski definition) is 3. The van der Waals surface area contributed by atoms with Crippen molar-refractivity contribution in [2.75, 3.05) is 13.1 Å². The summed E-state index contributed by atoms with van der Waals surface area (Å²) in [6, 6.07) is 4.26. The zero-order valence-corrected chi connectivity index (χ0v) is 16.9. The first-order chi connectivity index (χ1) is 9.89. The molecule has 1 rings (SSSR count). The van der Waals surface area contributed by atoms with Crippen molar-refractivity contribution >= 4 is 47.2 Å². The van der Waals surface area contributed by atoms with Gasteiger partial charge in [0.1, 0.15) is 0 Å². The predicted octanol–water partition coefficient (Wildman–Crippen LogP) is 2.50. The third-order valence-electron chi connectivity index (χ3n) is 3.17. The third kappa shape index (κ3) is 6.95. The number of nitrogens with two attached hydrogens (primary N) is 1. The number of rotatable bonds is 7. The van der Waals surface area contributed by atoms with E-state index in [9.17, 15) is 4.79 Å². The SMILES string of the molecule is CCNC(=NCc1ccc(CC)s1)NCC(C)(C)C(N)=O.I. The van der Waals surface area contributed by atoms with E-state index in [1.807, 2.05) is 20.8 Å². The molecule has 5 nitrogen and oxygen atoms in total. The summed E-state index contributed by atoms with van der Waals surface area (Å²) in [4.78, 5) is 18.5. The van der Waals surface area contributed by atoms with Gasteiger partial charge in [-0.3, -0.25) is 4.79 Å². The first kappa shape index (κ1) is 21.2. The minimum absolute atomic E-state index is 0. The second-order valence-corrected chi connectivity index (χ2v) is 6.77. The Bertz CT molecular complexity index is 499. The molecule has 1 aromatic rings. The van der Waals surface area contributed by atoms with Crippen LogP contribution in [0.5, 0.6) is 0 Å². The van der Waals surface area contributed by atoms with Crippen molar-refractivity contribution in [2.45, 2.75) is 40.7 Å². The predicted molar refractivity (Wildman–Crippen MR) is 105 cm³/mol. The van der Waals surface area contributed by atoms with E-state index in [-0.39, 0.29) is 29.9 Å². The van der Waals surface area contributed by atoms with Gasteiger partial charge in [0.25, 0.3) is 0 Å². The minimum Gasteiger partial charge on any atom is -0.369 e. The molecular weight excluding hydrogens is 411 g/mol. The van der Waals surface area contributed by atoms with Crippen LogP contribution in [0, 0.1) is 5.41 Å². The fourth-order valence-corrected chi connectivity index (χ4v) is 2.47. The average Bonchev–Trinajstić information content (AvgIpc) is 2.89. The molecule has 0 saturated heterocycles. The smallest absolute Gasteiger partial charge is 0.224 e. The summed E-state index contributed by atoms with van der Waals surface area (Å²) in [5.74, 6) is 0.384. The zero-order chi connectivity index (χ0) is 15.9. The highest BCUT2D eigenvalue weighted by atomic mass is 127. The Hall–Kier alpha value is -0.830. The maximum absolute atomic E-state index is 11.3. The number of amides is 1. The Morgan fingerprint density at radius 1 is 1.27 bits per heavy atom. The first-order valence-electron chi connectivity index (χ1n) is 7.28. The van der Waals surface area contributed by atoms with Gasteiger partial charge in [-0.05, 0) is 39.3 Å². The lowest BCUT2D eigenvalue weighted by molar-refractivity contribution is -0.125. The lowest BCUT2D eigenvalue weighted by Gasteiger charge is -2.22. The Kier molecular flexibility index (Phi) is 9.66. The summed E-state index contributed by atoms with van der Waals surface area (Å²) in [5, 5.41) is 6.35. The average molecular weight is 438 g/mol. The van der Waals surface area contributed by atoms with E-state index in [1.165, 1.54) is 9.75 Å². The highest BCUT2D eigenvalue weighted by Gasteiger charge is 2.24. The van der Waals surface area contributed by atoms with Crippen LogP contribution in [-0.2, 0) is 17.8 Å². The van der Waals surface area contributed by atoms with Crippen molar-refractivity contribution in [1.29, 1.82) is 0 Å². The Labute approximate surface area is 154 Å². The molecule has 0 fully saturated rings. The molecular formula is C15H27IN4OS. The largest absolute Gasteiger partial charge is 0.369 e. The molecule has 0 bridgehead atoms. The van der Waals surface area contributed by atoms with E-state index in [4.69, 9.17) is 5.73 Å². The molecule has 0 aliphatic rings. The van der Waals surface area contributed by atoms with Crippen LogP contribution in [0.2, 0.25) is 0 Å². The van der Waals surface area contributed by atoms with Crippen LogP contribution in [-0.4, -0.2) is 25.0 Å². The molecule has 0 aromatic carbocycles. The third-order valence-corrected chi connectivity index (χ3v) is 4.38.